The molecule has 0 spiro atoms. The Kier molecular flexibility index (Phi) is 5.16. The first kappa shape index (κ1) is 24.7. The fourth-order valence-electron chi connectivity index (χ4n) is 6.55. The summed E-state index contributed by atoms with van der Waals surface area (Å²) in [6.45, 7) is 8.10. The molecule has 1 aliphatic carbocycles. The molecule has 3 fully saturated rings. The highest BCUT2D eigenvalue weighted by Crippen LogP contribution is 2.58. The van der Waals surface area contributed by atoms with E-state index in [1.807, 2.05) is 34.2 Å². The Hall–Kier alpha value is -4.31. The molecule has 2 bridgehead atoms. The summed E-state index contributed by atoms with van der Waals surface area (Å²) in [5.41, 5.74) is 3.32. The first-order valence-corrected chi connectivity index (χ1v) is 13.2. The molecule has 8 rings (SSSR count). The summed E-state index contributed by atoms with van der Waals surface area (Å²) < 4.78 is 25.2. The van der Waals surface area contributed by atoms with Gasteiger partial charge in [0, 0.05) is 30.8 Å². The highest BCUT2D eigenvalue weighted by molar-refractivity contribution is 6.32. The van der Waals surface area contributed by atoms with Crippen molar-refractivity contribution in [1.82, 2.24) is 34.2 Å². The van der Waals surface area contributed by atoms with Crippen molar-refractivity contribution >= 4 is 39.6 Å². The molecule has 0 radical (unpaired) electrons. The lowest BCUT2D eigenvalue weighted by atomic mass is 9.68. The monoisotopic (exact) mass is 557 g/mol. The zero-order valence-electron chi connectivity index (χ0n) is 22.2. The van der Waals surface area contributed by atoms with Crippen LogP contribution in [0.3, 0.4) is 0 Å². The Balaban J connectivity index is 1.29. The molecule has 3 aliphatic rings. The van der Waals surface area contributed by atoms with Gasteiger partial charge in [-0.2, -0.15) is 5.10 Å². The Morgan fingerprint density at radius 2 is 2.00 bits per heavy atom. The first-order valence-electron chi connectivity index (χ1n) is 12.9. The number of carbonyl (C=O) groups excluding carboxylic acids is 1. The molecule has 1 amide bonds. The van der Waals surface area contributed by atoms with E-state index in [9.17, 15) is 4.79 Å². The molecular weight excluding hydrogens is 533 g/mol. The molecule has 2 aliphatic heterocycles. The lowest BCUT2D eigenvalue weighted by molar-refractivity contribution is -0.129. The van der Waals surface area contributed by atoms with Crippen molar-refractivity contribution in [2.75, 3.05) is 6.54 Å². The molecular formula is C29H25ClFN7O2. The molecule has 0 atom stereocenters. The summed E-state index contributed by atoms with van der Waals surface area (Å²) in [5.74, 6) is -0.388. The Labute approximate surface area is 233 Å². The van der Waals surface area contributed by atoms with Crippen LogP contribution in [0.25, 0.3) is 33.3 Å². The van der Waals surface area contributed by atoms with Crippen molar-refractivity contribution in [1.29, 1.82) is 0 Å². The van der Waals surface area contributed by atoms with Crippen molar-refractivity contribution < 1.29 is 13.9 Å². The molecule has 9 nitrogen and oxygen atoms in total. The zero-order chi connectivity index (χ0) is 28.0. The number of aryl methyl sites for hydroxylation is 2. The molecule has 5 aromatic rings. The highest BCUT2D eigenvalue weighted by Gasteiger charge is 2.66. The van der Waals surface area contributed by atoms with Crippen molar-refractivity contribution in [3.8, 4) is 22.8 Å². The number of hydrogen-bond donors (Lipinski definition) is 0. The second-order valence-electron chi connectivity index (χ2n) is 11.0. The summed E-state index contributed by atoms with van der Waals surface area (Å²) in [4.78, 5) is 27.7. The molecule has 2 aromatic carbocycles. The van der Waals surface area contributed by atoms with Gasteiger partial charge in [0.2, 0.25) is 5.91 Å². The molecule has 0 unspecified atom stereocenters. The van der Waals surface area contributed by atoms with Gasteiger partial charge in [0.25, 0.3) is 0 Å². The van der Waals surface area contributed by atoms with Crippen molar-refractivity contribution in [2.24, 2.45) is 7.05 Å². The number of nitrogens with zero attached hydrogens (tertiary/aromatic N) is 7. The van der Waals surface area contributed by atoms with Crippen molar-refractivity contribution in [2.45, 2.75) is 37.8 Å². The smallest absolute Gasteiger partial charge is 0.246 e. The number of benzene rings is 2. The van der Waals surface area contributed by atoms with E-state index in [1.165, 1.54) is 18.5 Å². The van der Waals surface area contributed by atoms with E-state index in [0.29, 0.717) is 40.3 Å². The topological polar surface area (TPSA) is 91.0 Å². The lowest BCUT2D eigenvalue weighted by Gasteiger charge is -2.45. The van der Waals surface area contributed by atoms with Crippen LogP contribution in [0, 0.1) is 12.7 Å². The largest absolute Gasteiger partial charge is 0.453 e. The fourth-order valence-corrected chi connectivity index (χ4v) is 6.79. The van der Waals surface area contributed by atoms with Gasteiger partial charge in [-0.15, -0.1) is 0 Å². The van der Waals surface area contributed by atoms with Gasteiger partial charge in [0.1, 0.15) is 17.8 Å². The number of fused-ring (bicyclic) bond motifs is 3. The molecule has 202 valence electrons. The number of imidazole rings is 1. The van der Waals surface area contributed by atoms with E-state index < -0.39 is 11.4 Å². The number of carbonyl (C=O) groups is 1. The predicted octanol–water partition coefficient (Wildman–Crippen LogP) is 5.55. The second kappa shape index (κ2) is 8.34. The Morgan fingerprint density at radius 3 is 2.75 bits per heavy atom. The minimum Gasteiger partial charge on any atom is -0.453 e. The van der Waals surface area contributed by atoms with Crippen LogP contribution in [0.2, 0.25) is 5.02 Å². The third-order valence-electron chi connectivity index (χ3n) is 8.26. The van der Waals surface area contributed by atoms with Crippen LogP contribution < -0.4 is 4.74 Å². The number of rotatable bonds is 5. The summed E-state index contributed by atoms with van der Waals surface area (Å²) in [5, 5.41) is 5.78. The van der Waals surface area contributed by atoms with Crippen LogP contribution in [0.5, 0.6) is 11.5 Å². The lowest BCUT2D eigenvalue weighted by Crippen LogP contribution is -2.52. The highest BCUT2D eigenvalue weighted by atomic mass is 35.5. The van der Waals surface area contributed by atoms with E-state index in [4.69, 9.17) is 21.4 Å². The Bertz CT molecular complexity index is 1870. The van der Waals surface area contributed by atoms with Gasteiger partial charge in [-0.3, -0.25) is 4.79 Å². The van der Waals surface area contributed by atoms with E-state index >= 15 is 4.39 Å². The summed E-state index contributed by atoms with van der Waals surface area (Å²) in [7, 11) is 1.90. The number of aromatic nitrogens is 6. The van der Waals surface area contributed by atoms with Gasteiger partial charge < -0.3 is 14.2 Å². The van der Waals surface area contributed by atoms with E-state index in [1.54, 1.807) is 24.5 Å². The molecule has 11 heteroatoms. The molecule has 40 heavy (non-hydrogen) atoms. The van der Waals surface area contributed by atoms with Gasteiger partial charge in [0.15, 0.2) is 17.2 Å². The number of amides is 1. The van der Waals surface area contributed by atoms with Gasteiger partial charge in [0.05, 0.1) is 39.0 Å². The van der Waals surface area contributed by atoms with Crippen LogP contribution in [-0.2, 0) is 17.4 Å². The molecule has 5 heterocycles. The minimum absolute atomic E-state index is 0.0832. The van der Waals surface area contributed by atoms with Gasteiger partial charge >= 0.3 is 0 Å². The van der Waals surface area contributed by atoms with Gasteiger partial charge in [-0.05, 0) is 57.0 Å². The number of halogens is 2. The predicted molar refractivity (Wildman–Crippen MR) is 149 cm³/mol. The average molecular weight is 558 g/mol. The first-order chi connectivity index (χ1) is 19.1. The standard InChI is InChI=1S/C29H25ClFN7O2/c1-5-23(39)37-13-29(11-28(37,3)12-29)38-27-24(16(2)32-14-33-27)25(35-38)17-8-19(30)26(20(31)9-17)40-18-6-7-22-21(10-18)34-15-36(22)4/h5-10,14-15H,1,11-13H2,2-4H3. The molecule has 2 saturated heterocycles. The molecule has 1 saturated carbocycles. The summed E-state index contributed by atoms with van der Waals surface area (Å²) >= 11 is 6.60. The van der Waals surface area contributed by atoms with E-state index in [2.05, 4.69) is 28.5 Å². The van der Waals surface area contributed by atoms with Gasteiger partial charge in [-0.25, -0.2) is 24.0 Å². The number of ether oxygens (including phenoxy) is 1. The molecule has 0 N–H and O–H groups in total. The van der Waals surface area contributed by atoms with Crippen LogP contribution in [-0.4, -0.2) is 52.2 Å². The van der Waals surface area contributed by atoms with Crippen molar-refractivity contribution in [3.05, 3.63) is 72.2 Å². The summed E-state index contributed by atoms with van der Waals surface area (Å²) in [6.07, 6.45) is 6.03. The third-order valence-corrected chi connectivity index (χ3v) is 8.54. The third kappa shape index (κ3) is 3.41. The average Bonchev–Trinajstić information content (AvgIpc) is 3.64. The van der Waals surface area contributed by atoms with E-state index in [-0.39, 0.29) is 22.2 Å². The van der Waals surface area contributed by atoms with Crippen LogP contribution in [0.4, 0.5) is 4.39 Å². The fraction of sp³-hybridized carbons (Fsp3) is 0.276. The normalized spacial score (nSPS) is 21.7. The van der Waals surface area contributed by atoms with Gasteiger partial charge in [-0.1, -0.05) is 18.2 Å². The van der Waals surface area contributed by atoms with Crippen molar-refractivity contribution in [3.63, 3.8) is 0 Å². The second-order valence-corrected chi connectivity index (χ2v) is 11.4. The minimum atomic E-state index is -0.626. The zero-order valence-corrected chi connectivity index (χ0v) is 22.9. The van der Waals surface area contributed by atoms with Crippen LogP contribution in [0.15, 0.2) is 55.6 Å². The van der Waals surface area contributed by atoms with Crippen LogP contribution in [0.1, 0.15) is 25.5 Å². The van der Waals surface area contributed by atoms with Crippen LogP contribution >= 0.6 is 11.6 Å². The maximum absolute atomic E-state index is 15.6. The maximum atomic E-state index is 15.6. The SMILES string of the molecule is C=CC(=O)N1CC2(n3nc(-c4cc(F)c(Oc5ccc6c(c5)ncn6C)c(Cl)c4)c4c(C)ncnc43)CC1(C)C2. The Morgan fingerprint density at radius 1 is 1.20 bits per heavy atom. The quantitative estimate of drug-likeness (QED) is 0.263. The summed E-state index contributed by atoms with van der Waals surface area (Å²) in [6, 6.07) is 8.35. The number of hydrogen-bond acceptors (Lipinski definition) is 6. The van der Waals surface area contributed by atoms with E-state index in [0.717, 1.165) is 23.9 Å². The molecule has 3 aromatic heterocycles. The maximum Gasteiger partial charge on any atom is 0.246 e.